The zero-order valence-electron chi connectivity index (χ0n) is 17.3. The quantitative estimate of drug-likeness (QED) is 0.463. The maximum atomic E-state index is 13.3. The second-order valence-electron chi connectivity index (χ2n) is 7.68. The molecule has 2 fully saturated rings. The van der Waals surface area contributed by atoms with E-state index in [1.807, 2.05) is 43.3 Å². The third-order valence-corrected chi connectivity index (χ3v) is 5.98. The summed E-state index contributed by atoms with van der Waals surface area (Å²) in [6, 6.07) is 13.7. The van der Waals surface area contributed by atoms with Crippen LogP contribution in [0.15, 0.2) is 48.0 Å². The Labute approximate surface area is 182 Å². The van der Waals surface area contributed by atoms with Crippen LogP contribution >= 0.6 is 12.2 Å². The maximum Gasteiger partial charge on any atom is 0.270 e. The molecule has 154 valence electrons. The molecule has 5 nitrogen and oxygen atoms in total. The summed E-state index contributed by atoms with van der Waals surface area (Å²) in [5, 5.41) is 2.79. The van der Waals surface area contributed by atoms with Gasteiger partial charge in [0.2, 0.25) is 0 Å². The van der Waals surface area contributed by atoms with Crippen LogP contribution in [0.4, 0.5) is 11.4 Å². The van der Waals surface area contributed by atoms with Crippen LogP contribution < -0.4 is 15.1 Å². The average molecular weight is 420 g/mol. The molecule has 0 bridgehead atoms. The highest BCUT2D eigenvalue weighted by Gasteiger charge is 2.35. The topological polar surface area (TPSA) is 52.7 Å². The number of thiocarbonyl (C=S) groups is 1. The molecule has 30 heavy (non-hydrogen) atoms. The second-order valence-corrected chi connectivity index (χ2v) is 8.07. The first-order valence-electron chi connectivity index (χ1n) is 10.3. The molecular weight excluding hydrogens is 394 g/mol. The summed E-state index contributed by atoms with van der Waals surface area (Å²) in [5.74, 6) is -0.859. The van der Waals surface area contributed by atoms with Crippen molar-refractivity contribution in [3.05, 3.63) is 64.7 Å². The van der Waals surface area contributed by atoms with Gasteiger partial charge >= 0.3 is 0 Å². The number of hydrogen-bond acceptors (Lipinski definition) is 4. The van der Waals surface area contributed by atoms with Crippen molar-refractivity contribution in [2.45, 2.75) is 33.1 Å². The number of anilines is 2. The highest BCUT2D eigenvalue weighted by molar-refractivity contribution is 7.80. The number of carbonyl (C=O) groups excluding carboxylic acids is 2. The van der Waals surface area contributed by atoms with Gasteiger partial charge < -0.3 is 4.90 Å². The van der Waals surface area contributed by atoms with Crippen molar-refractivity contribution in [1.82, 2.24) is 5.32 Å². The van der Waals surface area contributed by atoms with Crippen LogP contribution in [0.25, 0.3) is 6.08 Å². The lowest BCUT2D eigenvalue weighted by atomic mass is 10.0. The summed E-state index contributed by atoms with van der Waals surface area (Å²) in [4.78, 5) is 29.7. The van der Waals surface area contributed by atoms with Gasteiger partial charge in [0, 0.05) is 18.8 Å². The minimum Gasteiger partial charge on any atom is -0.371 e. The Bertz CT molecular complexity index is 1050. The Morgan fingerprint density at radius 3 is 2.50 bits per heavy atom. The first kappa shape index (κ1) is 20.3. The Balaban J connectivity index is 1.68. The number of nitrogens with one attached hydrogen (secondary N) is 1. The third kappa shape index (κ3) is 3.75. The van der Waals surface area contributed by atoms with Crippen molar-refractivity contribution >= 4 is 46.6 Å². The molecule has 2 aliphatic heterocycles. The molecule has 2 amide bonds. The molecule has 1 N–H and O–H groups in total. The van der Waals surface area contributed by atoms with Gasteiger partial charge in [0.05, 0.1) is 5.69 Å². The molecule has 6 heteroatoms. The van der Waals surface area contributed by atoms with Crippen molar-refractivity contribution in [1.29, 1.82) is 0 Å². The monoisotopic (exact) mass is 419 g/mol. The molecule has 2 heterocycles. The van der Waals surface area contributed by atoms with Crippen molar-refractivity contribution in [3.63, 3.8) is 0 Å². The van der Waals surface area contributed by atoms with Crippen LogP contribution in [-0.4, -0.2) is 30.0 Å². The molecule has 0 spiro atoms. The summed E-state index contributed by atoms with van der Waals surface area (Å²) in [5.41, 5.74) is 4.97. The van der Waals surface area contributed by atoms with E-state index in [4.69, 9.17) is 12.2 Å². The molecule has 0 saturated carbocycles. The number of amides is 2. The number of benzene rings is 2. The van der Waals surface area contributed by atoms with Crippen LogP contribution in [-0.2, 0) is 16.0 Å². The van der Waals surface area contributed by atoms with Gasteiger partial charge in [-0.05, 0) is 79.4 Å². The van der Waals surface area contributed by atoms with Gasteiger partial charge in [-0.15, -0.1) is 0 Å². The molecule has 0 radical (unpaired) electrons. The van der Waals surface area contributed by atoms with Gasteiger partial charge in [-0.1, -0.05) is 31.2 Å². The van der Waals surface area contributed by atoms with Crippen molar-refractivity contribution in [3.8, 4) is 0 Å². The molecular formula is C24H25N3O2S. The summed E-state index contributed by atoms with van der Waals surface area (Å²) in [6.07, 6.45) is 4.85. The zero-order valence-corrected chi connectivity index (χ0v) is 18.1. The Morgan fingerprint density at radius 2 is 1.80 bits per heavy atom. The van der Waals surface area contributed by atoms with Gasteiger partial charge in [0.1, 0.15) is 5.57 Å². The van der Waals surface area contributed by atoms with Crippen molar-refractivity contribution < 1.29 is 9.59 Å². The van der Waals surface area contributed by atoms with Gasteiger partial charge in [0.25, 0.3) is 11.8 Å². The fraction of sp³-hybridized carbons (Fsp3) is 0.292. The van der Waals surface area contributed by atoms with E-state index < -0.39 is 11.8 Å². The predicted octanol–water partition coefficient (Wildman–Crippen LogP) is 3.99. The van der Waals surface area contributed by atoms with Gasteiger partial charge in [0.15, 0.2) is 5.11 Å². The Kier molecular flexibility index (Phi) is 5.68. The molecule has 4 rings (SSSR count). The highest BCUT2D eigenvalue weighted by atomic mass is 32.1. The molecule has 0 aromatic heterocycles. The van der Waals surface area contributed by atoms with E-state index in [1.165, 1.54) is 23.4 Å². The van der Waals surface area contributed by atoms with E-state index in [-0.39, 0.29) is 10.7 Å². The minimum atomic E-state index is -0.462. The van der Waals surface area contributed by atoms with Crippen LogP contribution in [0.1, 0.15) is 36.5 Å². The normalized spacial score (nSPS) is 18.3. The summed E-state index contributed by atoms with van der Waals surface area (Å²) in [7, 11) is 0. The SMILES string of the molecule is CCc1ccccc1N1C(=O)/C(=C\c2ccc(N3CCCC3)c(C)c2)C(=O)NC1=S. The minimum absolute atomic E-state index is 0.0860. The van der Waals surface area contributed by atoms with E-state index >= 15 is 0 Å². The lowest BCUT2D eigenvalue weighted by molar-refractivity contribution is -0.122. The fourth-order valence-electron chi connectivity index (χ4n) is 4.15. The summed E-state index contributed by atoms with van der Waals surface area (Å²) in [6.45, 7) is 6.24. The van der Waals surface area contributed by atoms with E-state index in [0.29, 0.717) is 5.69 Å². The van der Waals surface area contributed by atoms with Gasteiger partial charge in [-0.3, -0.25) is 19.8 Å². The van der Waals surface area contributed by atoms with Crippen LogP contribution in [0.2, 0.25) is 0 Å². The number of hydrogen-bond donors (Lipinski definition) is 1. The summed E-state index contributed by atoms with van der Waals surface area (Å²) >= 11 is 5.33. The molecule has 2 aliphatic rings. The van der Waals surface area contributed by atoms with E-state index in [2.05, 4.69) is 23.2 Å². The van der Waals surface area contributed by atoms with Crippen LogP contribution in [0.3, 0.4) is 0 Å². The number of carbonyl (C=O) groups is 2. The lowest BCUT2D eigenvalue weighted by Crippen LogP contribution is -2.54. The first-order chi connectivity index (χ1) is 14.5. The number of nitrogens with zero attached hydrogens (tertiary/aromatic N) is 2. The van der Waals surface area contributed by atoms with Gasteiger partial charge in [-0.2, -0.15) is 0 Å². The number of para-hydroxylation sites is 1. The molecule has 0 aliphatic carbocycles. The highest BCUT2D eigenvalue weighted by Crippen LogP contribution is 2.28. The molecule has 0 atom stereocenters. The Morgan fingerprint density at radius 1 is 1.07 bits per heavy atom. The fourth-order valence-corrected chi connectivity index (χ4v) is 4.43. The average Bonchev–Trinajstić information content (AvgIpc) is 3.26. The molecule has 2 aromatic rings. The van der Waals surface area contributed by atoms with Crippen LogP contribution in [0.5, 0.6) is 0 Å². The standard InChI is InChI=1S/C24H25N3O2S/c1-3-18-8-4-5-9-21(18)27-23(29)19(22(28)25-24(27)30)15-17-10-11-20(16(2)14-17)26-12-6-7-13-26/h4-5,8-11,14-15H,3,6-7,12-13H2,1-2H3,(H,25,28,30)/b19-15-. The third-order valence-electron chi connectivity index (χ3n) is 5.69. The van der Waals surface area contributed by atoms with Crippen molar-refractivity contribution in [2.75, 3.05) is 22.9 Å². The van der Waals surface area contributed by atoms with Crippen LogP contribution in [0, 0.1) is 6.92 Å². The predicted molar refractivity (Wildman–Crippen MR) is 125 cm³/mol. The lowest BCUT2D eigenvalue weighted by Gasteiger charge is -2.30. The Hall–Kier alpha value is -2.99. The summed E-state index contributed by atoms with van der Waals surface area (Å²) < 4.78 is 0. The first-order valence-corrected chi connectivity index (χ1v) is 10.8. The molecule has 2 aromatic carbocycles. The smallest absolute Gasteiger partial charge is 0.270 e. The van der Waals surface area contributed by atoms with E-state index in [0.717, 1.165) is 36.2 Å². The number of rotatable bonds is 4. The second kappa shape index (κ2) is 8.40. The number of aryl methyl sites for hydroxylation is 2. The van der Waals surface area contributed by atoms with E-state index in [9.17, 15) is 9.59 Å². The van der Waals surface area contributed by atoms with Crippen molar-refractivity contribution in [2.24, 2.45) is 0 Å². The van der Waals surface area contributed by atoms with Gasteiger partial charge in [-0.25, -0.2) is 0 Å². The molecule has 2 saturated heterocycles. The van der Waals surface area contributed by atoms with E-state index in [1.54, 1.807) is 6.08 Å². The zero-order chi connectivity index (χ0) is 21.3. The molecule has 0 unspecified atom stereocenters. The largest absolute Gasteiger partial charge is 0.371 e. The maximum absolute atomic E-state index is 13.3.